The zero-order valence-corrected chi connectivity index (χ0v) is 10.9. The van der Waals surface area contributed by atoms with Crippen LogP contribution in [-0.4, -0.2) is 5.11 Å². The molecule has 2 rings (SSSR count). The average Bonchev–Trinajstić information content (AvgIpc) is 2.33. The molecule has 0 bridgehead atoms. The second-order valence-electron chi connectivity index (χ2n) is 4.32. The Morgan fingerprint density at radius 2 is 1.29 bits per heavy atom. The van der Waals surface area contributed by atoms with Crippen molar-refractivity contribution >= 4 is 11.8 Å². The topological polar surface area (TPSA) is 20.2 Å². The van der Waals surface area contributed by atoms with E-state index in [1.165, 1.54) is 10.5 Å². The summed E-state index contributed by atoms with van der Waals surface area (Å²) in [6.45, 7) is 4.39. The van der Waals surface area contributed by atoms with Crippen LogP contribution in [0.3, 0.4) is 0 Å². The number of hydrogen-bond acceptors (Lipinski definition) is 2. The van der Waals surface area contributed by atoms with Crippen molar-refractivity contribution in [3.05, 3.63) is 54.1 Å². The van der Waals surface area contributed by atoms with Gasteiger partial charge in [0.1, 0.15) is 5.75 Å². The summed E-state index contributed by atoms with van der Waals surface area (Å²) in [5.41, 5.74) is 1.36. The minimum Gasteiger partial charge on any atom is -0.508 e. The molecule has 0 atom stereocenters. The average molecular weight is 244 g/mol. The first-order valence-corrected chi connectivity index (χ1v) is 6.53. The van der Waals surface area contributed by atoms with E-state index in [4.69, 9.17) is 0 Å². The number of rotatable bonds is 3. The van der Waals surface area contributed by atoms with E-state index in [1.54, 1.807) is 23.9 Å². The van der Waals surface area contributed by atoms with Crippen LogP contribution >= 0.6 is 11.8 Å². The molecule has 0 aliphatic heterocycles. The molecular weight excluding hydrogens is 228 g/mol. The highest BCUT2D eigenvalue weighted by atomic mass is 32.2. The third-order valence-electron chi connectivity index (χ3n) is 2.62. The Morgan fingerprint density at radius 3 is 1.76 bits per heavy atom. The van der Waals surface area contributed by atoms with Crippen molar-refractivity contribution in [3.8, 4) is 5.75 Å². The zero-order valence-electron chi connectivity index (χ0n) is 10.1. The van der Waals surface area contributed by atoms with Gasteiger partial charge in [-0.25, -0.2) is 0 Å². The maximum Gasteiger partial charge on any atom is 0.115 e. The molecule has 0 radical (unpaired) electrons. The standard InChI is InChI=1S/C15H16OS/c1-11(2)12-3-7-14(8-4-12)17-15-9-5-13(16)6-10-15/h3-11,16H,1-2H3. The van der Waals surface area contributed by atoms with Gasteiger partial charge in [0.25, 0.3) is 0 Å². The smallest absolute Gasteiger partial charge is 0.115 e. The Balaban J connectivity index is 2.11. The lowest BCUT2D eigenvalue weighted by atomic mass is 10.0. The second kappa shape index (κ2) is 5.28. The van der Waals surface area contributed by atoms with Crippen LogP contribution in [0.2, 0.25) is 0 Å². The highest BCUT2D eigenvalue weighted by Gasteiger charge is 2.00. The molecule has 0 aromatic heterocycles. The van der Waals surface area contributed by atoms with E-state index in [0.29, 0.717) is 11.7 Å². The molecule has 0 spiro atoms. The number of hydrogen-bond donors (Lipinski definition) is 1. The molecule has 0 aliphatic rings. The van der Waals surface area contributed by atoms with Crippen LogP contribution < -0.4 is 0 Å². The van der Waals surface area contributed by atoms with Crippen LogP contribution in [0.1, 0.15) is 25.3 Å². The minimum atomic E-state index is 0.310. The van der Waals surface area contributed by atoms with Gasteiger partial charge in [-0.2, -0.15) is 0 Å². The van der Waals surface area contributed by atoms with Crippen LogP contribution in [0.5, 0.6) is 5.75 Å². The molecule has 0 aliphatic carbocycles. The largest absolute Gasteiger partial charge is 0.508 e. The van der Waals surface area contributed by atoms with Gasteiger partial charge in [-0.15, -0.1) is 0 Å². The summed E-state index contributed by atoms with van der Waals surface area (Å²) in [6, 6.07) is 15.9. The van der Waals surface area contributed by atoms with Gasteiger partial charge in [0.2, 0.25) is 0 Å². The minimum absolute atomic E-state index is 0.310. The van der Waals surface area contributed by atoms with E-state index >= 15 is 0 Å². The molecule has 88 valence electrons. The van der Waals surface area contributed by atoms with Crippen molar-refractivity contribution < 1.29 is 5.11 Å². The van der Waals surface area contributed by atoms with Crippen molar-refractivity contribution in [1.29, 1.82) is 0 Å². The highest BCUT2D eigenvalue weighted by Crippen LogP contribution is 2.29. The summed E-state index contributed by atoms with van der Waals surface area (Å²) < 4.78 is 0. The molecule has 1 N–H and O–H groups in total. The van der Waals surface area contributed by atoms with E-state index in [2.05, 4.69) is 38.1 Å². The summed E-state index contributed by atoms with van der Waals surface area (Å²) in [6.07, 6.45) is 0. The molecular formula is C15H16OS. The molecule has 0 saturated heterocycles. The SMILES string of the molecule is CC(C)c1ccc(Sc2ccc(O)cc2)cc1. The fourth-order valence-corrected chi connectivity index (χ4v) is 2.39. The van der Waals surface area contributed by atoms with Crippen molar-refractivity contribution in [2.45, 2.75) is 29.6 Å². The normalized spacial score (nSPS) is 10.8. The maximum absolute atomic E-state index is 9.21. The van der Waals surface area contributed by atoms with Gasteiger partial charge in [0.05, 0.1) is 0 Å². The van der Waals surface area contributed by atoms with E-state index in [9.17, 15) is 5.11 Å². The molecule has 0 fully saturated rings. The van der Waals surface area contributed by atoms with Gasteiger partial charge in [-0.3, -0.25) is 0 Å². The first kappa shape index (κ1) is 12.1. The van der Waals surface area contributed by atoms with E-state index in [0.717, 1.165) is 4.90 Å². The monoisotopic (exact) mass is 244 g/mol. The molecule has 2 heteroatoms. The molecule has 2 aromatic carbocycles. The molecule has 0 amide bonds. The molecule has 0 unspecified atom stereocenters. The maximum atomic E-state index is 9.21. The predicted molar refractivity (Wildman–Crippen MR) is 72.8 cm³/mol. The van der Waals surface area contributed by atoms with Crippen LogP contribution in [0, 0.1) is 0 Å². The lowest BCUT2D eigenvalue weighted by Gasteiger charge is -2.06. The van der Waals surface area contributed by atoms with E-state index in [1.807, 2.05) is 12.1 Å². The van der Waals surface area contributed by atoms with Gasteiger partial charge in [0, 0.05) is 9.79 Å². The first-order valence-electron chi connectivity index (χ1n) is 5.72. The Morgan fingerprint density at radius 1 is 0.824 bits per heavy atom. The van der Waals surface area contributed by atoms with Crippen molar-refractivity contribution in [1.82, 2.24) is 0 Å². The van der Waals surface area contributed by atoms with E-state index in [-0.39, 0.29) is 0 Å². The predicted octanol–water partition coefficient (Wildman–Crippen LogP) is 4.67. The lowest BCUT2D eigenvalue weighted by molar-refractivity contribution is 0.475. The molecule has 2 aromatic rings. The zero-order chi connectivity index (χ0) is 12.3. The van der Waals surface area contributed by atoms with E-state index < -0.39 is 0 Å². The van der Waals surface area contributed by atoms with Crippen molar-refractivity contribution in [2.24, 2.45) is 0 Å². The van der Waals surface area contributed by atoms with Gasteiger partial charge >= 0.3 is 0 Å². The first-order chi connectivity index (χ1) is 8.15. The molecule has 1 nitrogen and oxygen atoms in total. The number of benzene rings is 2. The number of aromatic hydroxyl groups is 1. The molecule has 17 heavy (non-hydrogen) atoms. The quantitative estimate of drug-likeness (QED) is 0.847. The summed E-state index contributed by atoms with van der Waals surface area (Å²) in [4.78, 5) is 2.36. The summed E-state index contributed by atoms with van der Waals surface area (Å²) in [5, 5.41) is 9.21. The van der Waals surface area contributed by atoms with Crippen molar-refractivity contribution in [3.63, 3.8) is 0 Å². The Hall–Kier alpha value is -1.41. The number of phenols is 1. The molecule has 0 saturated carbocycles. The molecule has 0 heterocycles. The third-order valence-corrected chi connectivity index (χ3v) is 3.63. The van der Waals surface area contributed by atoms with Crippen LogP contribution in [0.15, 0.2) is 58.3 Å². The second-order valence-corrected chi connectivity index (χ2v) is 5.47. The Kier molecular flexibility index (Phi) is 3.75. The Labute approximate surface area is 107 Å². The highest BCUT2D eigenvalue weighted by molar-refractivity contribution is 7.99. The van der Waals surface area contributed by atoms with Gasteiger partial charge in [-0.1, -0.05) is 37.7 Å². The van der Waals surface area contributed by atoms with Crippen LogP contribution in [0.4, 0.5) is 0 Å². The number of phenolic OH excluding ortho intramolecular Hbond substituents is 1. The van der Waals surface area contributed by atoms with Gasteiger partial charge < -0.3 is 5.11 Å². The van der Waals surface area contributed by atoms with Crippen LogP contribution in [-0.2, 0) is 0 Å². The van der Waals surface area contributed by atoms with Gasteiger partial charge in [-0.05, 0) is 47.9 Å². The summed E-state index contributed by atoms with van der Waals surface area (Å²) in [7, 11) is 0. The summed E-state index contributed by atoms with van der Waals surface area (Å²) >= 11 is 1.71. The third kappa shape index (κ3) is 3.27. The lowest BCUT2D eigenvalue weighted by Crippen LogP contribution is -1.85. The van der Waals surface area contributed by atoms with Gasteiger partial charge in [0.15, 0.2) is 0 Å². The fourth-order valence-electron chi connectivity index (χ4n) is 1.57. The fraction of sp³-hybridized carbons (Fsp3) is 0.200. The Bertz CT molecular complexity index is 471. The summed E-state index contributed by atoms with van der Waals surface area (Å²) in [5.74, 6) is 0.882. The van der Waals surface area contributed by atoms with Crippen molar-refractivity contribution in [2.75, 3.05) is 0 Å². The van der Waals surface area contributed by atoms with Crippen LogP contribution in [0.25, 0.3) is 0 Å².